The number of aliphatic hydroxyl groups is 3. The Morgan fingerprint density at radius 3 is 1.93 bits per heavy atom. The summed E-state index contributed by atoms with van der Waals surface area (Å²) in [6.45, 7) is 21.2. The van der Waals surface area contributed by atoms with Gasteiger partial charge in [0.2, 0.25) is 0 Å². The molecule has 19 heteroatoms. The van der Waals surface area contributed by atoms with Crippen LogP contribution in [0, 0.1) is 35.5 Å². The second-order valence-corrected chi connectivity index (χ2v) is 24.1. The monoisotopic (exact) mass is 1050 g/mol. The van der Waals surface area contributed by atoms with E-state index in [0.717, 1.165) is 12.8 Å². The standard InChI is InChI=1S/C54H92O18.Na/c1-15-34(49(56)57)54(59)31(6)46(67-42-19-17-37(61-13)33(8)64-42)47(62-14)45(71-54)30(5)44-29(4)35(55)26-53(70-44)23-22-50(9,72-53)40-20-21-51(10,68-40)48-39(65-41-18-16-36(60-12)32(7)63-41)25-38(66-48)43-27(2)24-28(3)52(11,58)69-43;/h27-48,55,58-59H,15-26H2,1-14H3,(H,56,57);/q;+1/p-1/t27-,28+,29+,30+,31-,32+,33+,34?,35-,36-,37-,38+,39-,40+,41-,42-,43-,44-,45-,46-,47-,48+,50-,51-,52-,53+,54-;/m0./s1. The molecule has 1 unspecified atom stereocenters. The number of hydrogen-bond acceptors (Lipinski definition) is 18. The van der Waals surface area contributed by atoms with E-state index in [-0.39, 0.29) is 103 Å². The van der Waals surface area contributed by atoms with Crippen LogP contribution in [-0.2, 0) is 66.4 Å². The molecular formula is C54H91NaO18. The largest absolute Gasteiger partial charge is 1.00 e. The smallest absolute Gasteiger partial charge is 0.550 e. The third kappa shape index (κ3) is 11.9. The second-order valence-electron chi connectivity index (χ2n) is 24.1. The number of ether oxygens (including phenoxy) is 13. The maximum Gasteiger partial charge on any atom is 1.00 e. The van der Waals surface area contributed by atoms with Gasteiger partial charge in [0.15, 0.2) is 29.9 Å². The number of carbonyl (C=O) groups is 1. The van der Waals surface area contributed by atoms with Crippen LogP contribution in [0.3, 0.4) is 0 Å². The van der Waals surface area contributed by atoms with Gasteiger partial charge in [0.05, 0.1) is 90.4 Å². The van der Waals surface area contributed by atoms with E-state index in [2.05, 4.69) is 20.8 Å². The molecule has 3 N–H and O–H groups in total. The summed E-state index contributed by atoms with van der Waals surface area (Å²) in [6.07, 6.45) is -1.09. The first-order chi connectivity index (χ1) is 33.8. The van der Waals surface area contributed by atoms with Crippen molar-refractivity contribution in [1.29, 1.82) is 0 Å². The molecule has 1 spiro atoms. The molecule has 18 nitrogen and oxygen atoms in total. The molecule has 416 valence electrons. The molecule has 0 aromatic heterocycles. The Balaban J connectivity index is 0.00000780. The van der Waals surface area contributed by atoms with Crippen molar-refractivity contribution >= 4 is 5.97 Å². The molecule has 0 aromatic rings. The summed E-state index contributed by atoms with van der Waals surface area (Å²) in [7, 11) is 4.90. The predicted octanol–water partition coefficient (Wildman–Crippen LogP) is 1.91. The summed E-state index contributed by atoms with van der Waals surface area (Å²) < 4.78 is 85.4. The molecule has 0 radical (unpaired) electrons. The van der Waals surface area contributed by atoms with Gasteiger partial charge in [-0.3, -0.25) is 0 Å². The van der Waals surface area contributed by atoms with Crippen molar-refractivity contribution in [1.82, 2.24) is 0 Å². The van der Waals surface area contributed by atoms with Crippen LogP contribution in [0.5, 0.6) is 0 Å². The van der Waals surface area contributed by atoms with Crippen molar-refractivity contribution in [2.45, 2.75) is 280 Å². The Morgan fingerprint density at radius 1 is 0.726 bits per heavy atom. The van der Waals surface area contributed by atoms with Crippen molar-refractivity contribution in [3.05, 3.63) is 0 Å². The minimum Gasteiger partial charge on any atom is -0.550 e. The molecule has 73 heavy (non-hydrogen) atoms. The average Bonchev–Trinajstić information content (AvgIpc) is 4.04. The fourth-order valence-electron chi connectivity index (χ4n) is 14.3. The van der Waals surface area contributed by atoms with Crippen LogP contribution in [-0.4, -0.2) is 169 Å². The van der Waals surface area contributed by atoms with E-state index in [4.69, 9.17) is 61.6 Å². The average molecular weight is 1050 g/mol. The maximum absolute atomic E-state index is 12.7. The normalized spacial score (nSPS) is 52.5. The van der Waals surface area contributed by atoms with Gasteiger partial charge in [-0.25, -0.2) is 0 Å². The first-order valence-electron chi connectivity index (χ1n) is 27.5. The van der Waals surface area contributed by atoms with Crippen LogP contribution in [0.15, 0.2) is 0 Å². The number of aliphatic carboxylic acids is 1. The molecule has 27 atom stereocenters. The van der Waals surface area contributed by atoms with E-state index in [1.165, 1.54) is 0 Å². The van der Waals surface area contributed by atoms with Gasteiger partial charge >= 0.3 is 29.6 Å². The second kappa shape index (κ2) is 23.5. The van der Waals surface area contributed by atoms with Crippen molar-refractivity contribution < 1.29 is 116 Å². The van der Waals surface area contributed by atoms with Gasteiger partial charge in [-0.05, 0) is 85.5 Å². The van der Waals surface area contributed by atoms with E-state index < -0.39 is 107 Å². The molecule has 8 aliphatic heterocycles. The van der Waals surface area contributed by atoms with Crippen LogP contribution in [0.4, 0.5) is 0 Å². The molecule has 8 aliphatic rings. The molecule has 0 saturated carbocycles. The van der Waals surface area contributed by atoms with Crippen LogP contribution in [0.25, 0.3) is 0 Å². The Morgan fingerprint density at radius 2 is 1.36 bits per heavy atom. The molecule has 8 rings (SSSR count). The molecule has 0 aliphatic carbocycles. The van der Waals surface area contributed by atoms with Gasteiger partial charge in [-0.1, -0.05) is 41.5 Å². The number of aliphatic hydroxyl groups excluding tert-OH is 1. The van der Waals surface area contributed by atoms with Crippen molar-refractivity contribution in [3.63, 3.8) is 0 Å². The number of carboxylic acid groups (broad SMARTS) is 1. The van der Waals surface area contributed by atoms with Crippen molar-refractivity contribution in [3.8, 4) is 0 Å². The zero-order valence-electron chi connectivity index (χ0n) is 46.7. The van der Waals surface area contributed by atoms with Crippen LogP contribution in [0.2, 0.25) is 0 Å². The van der Waals surface area contributed by atoms with Crippen LogP contribution in [0.1, 0.15) is 153 Å². The number of methoxy groups -OCH3 is 3. The topological polar surface area (TPSA) is 221 Å². The van der Waals surface area contributed by atoms with Gasteiger partial charge in [0, 0.05) is 83.1 Å². The molecule has 8 heterocycles. The zero-order valence-corrected chi connectivity index (χ0v) is 48.7. The predicted molar refractivity (Wildman–Crippen MR) is 257 cm³/mol. The molecule has 0 aromatic carbocycles. The van der Waals surface area contributed by atoms with Crippen molar-refractivity contribution in [2.75, 3.05) is 21.3 Å². The van der Waals surface area contributed by atoms with Gasteiger partial charge < -0.3 is 86.8 Å². The van der Waals surface area contributed by atoms with E-state index in [9.17, 15) is 25.2 Å². The van der Waals surface area contributed by atoms with Gasteiger partial charge in [0.1, 0.15) is 12.2 Å². The number of carbonyl (C=O) groups excluding carboxylic acids is 1. The van der Waals surface area contributed by atoms with E-state index in [0.29, 0.717) is 51.4 Å². The SMILES string of the molecule is CCC(C(=O)[O-])[C@@]1(O)O[C@@H]([C@H](C)[C@H]2O[C@@]3(CC[C@@](C)([C@H]4CC[C@@](C)([C@@H]5O[C@@H]([C@H]6O[C@](C)(O)[C@H](C)C[C@@H]6C)C[C@@H]5O[C@H]5CC[C@H](OC)[C@@H](C)O5)O4)O3)C[C@H](O)[C@H]2C)[C@H](OC)[C@@H](O[C@H]2CC[C@H](OC)[C@@H](C)O2)[C@@H]1C.[Na+]. The fourth-order valence-corrected chi connectivity index (χ4v) is 14.3. The number of rotatable bonds is 15. The fraction of sp³-hybridized carbons (Fsp3) is 0.981. The first kappa shape index (κ1) is 60.5. The molecular weight excluding hydrogens is 960 g/mol. The van der Waals surface area contributed by atoms with Gasteiger partial charge in [-0.15, -0.1) is 0 Å². The summed E-state index contributed by atoms with van der Waals surface area (Å²) in [5.74, 6) is -9.32. The van der Waals surface area contributed by atoms with E-state index in [1.807, 2.05) is 34.6 Å². The zero-order chi connectivity index (χ0) is 52.5. The van der Waals surface area contributed by atoms with Crippen molar-refractivity contribution in [2.24, 2.45) is 35.5 Å². The van der Waals surface area contributed by atoms with Gasteiger partial charge in [0.25, 0.3) is 0 Å². The van der Waals surface area contributed by atoms with Crippen LogP contribution < -0.4 is 34.7 Å². The summed E-state index contributed by atoms with van der Waals surface area (Å²) in [6, 6.07) is 0. The van der Waals surface area contributed by atoms with E-state index in [1.54, 1.807) is 42.1 Å². The Bertz CT molecular complexity index is 1830. The van der Waals surface area contributed by atoms with Gasteiger partial charge in [-0.2, -0.15) is 0 Å². The minimum atomic E-state index is -2.22. The molecule has 8 saturated heterocycles. The van der Waals surface area contributed by atoms with Crippen LogP contribution >= 0.6 is 0 Å². The summed E-state index contributed by atoms with van der Waals surface area (Å²) in [4.78, 5) is 12.7. The Labute approximate surface area is 456 Å². The Kier molecular flexibility index (Phi) is 19.5. The summed E-state index contributed by atoms with van der Waals surface area (Å²) in [5, 5.41) is 48.5. The molecule has 0 amide bonds. The third-order valence-corrected chi connectivity index (χ3v) is 19.1. The van der Waals surface area contributed by atoms with E-state index >= 15 is 0 Å². The Hall–Kier alpha value is -0.170. The number of carboxylic acids is 1. The molecule has 0 bridgehead atoms. The summed E-state index contributed by atoms with van der Waals surface area (Å²) >= 11 is 0. The maximum atomic E-state index is 12.7. The third-order valence-electron chi connectivity index (χ3n) is 19.1. The molecule has 8 fully saturated rings. The summed E-state index contributed by atoms with van der Waals surface area (Å²) in [5.41, 5.74) is -1.61. The quantitative estimate of drug-likeness (QED) is 0.200. The number of hydrogen-bond donors (Lipinski definition) is 3. The first-order valence-corrected chi connectivity index (χ1v) is 27.5. The minimum absolute atomic E-state index is 0.